The van der Waals surface area contributed by atoms with Crippen molar-refractivity contribution in [2.24, 2.45) is 0 Å². The standard InChI is InChI=1S/C9H15FN2O5/c10-6-7(15)4(3-13)17-8(6)12-2-1-5(14)11-9(12)16/h4-8,13-15H,1-3H2,(H,11,16)/t4-,5+,6-,7-,8?/m1/s1. The number of carbonyl (C=O) groups excluding carboxylic acids is 1. The molecule has 7 nitrogen and oxygen atoms in total. The minimum absolute atomic E-state index is 0.128. The molecule has 2 aliphatic heterocycles. The number of urea groups is 1. The zero-order valence-corrected chi connectivity index (χ0v) is 8.99. The Labute approximate surface area is 96.8 Å². The maximum absolute atomic E-state index is 13.7. The molecule has 2 fully saturated rings. The summed E-state index contributed by atoms with van der Waals surface area (Å²) in [4.78, 5) is 12.6. The molecule has 4 N–H and O–H groups in total. The number of nitrogens with zero attached hydrogens (tertiary/aromatic N) is 1. The van der Waals surface area contributed by atoms with Gasteiger partial charge in [0, 0.05) is 13.0 Å². The first-order valence-electron chi connectivity index (χ1n) is 5.38. The Bertz CT molecular complexity index is 305. The summed E-state index contributed by atoms with van der Waals surface area (Å²) in [6.07, 6.45) is -6.18. The zero-order chi connectivity index (χ0) is 12.6. The van der Waals surface area contributed by atoms with E-state index in [1.54, 1.807) is 0 Å². The van der Waals surface area contributed by atoms with Gasteiger partial charge in [0.1, 0.15) is 18.4 Å². The van der Waals surface area contributed by atoms with Gasteiger partial charge in [-0.2, -0.15) is 0 Å². The molecule has 0 spiro atoms. The summed E-state index contributed by atoms with van der Waals surface area (Å²) < 4.78 is 18.8. The van der Waals surface area contributed by atoms with Gasteiger partial charge < -0.3 is 25.4 Å². The minimum Gasteiger partial charge on any atom is -0.394 e. The number of amides is 2. The van der Waals surface area contributed by atoms with E-state index >= 15 is 0 Å². The Morgan fingerprint density at radius 2 is 2.24 bits per heavy atom. The van der Waals surface area contributed by atoms with Crippen molar-refractivity contribution in [1.82, 2.24) is 10.2 Å². The van der Waals surface area contributed by atoms with Gasteiger partial charge in [-0.05, 0) is 0 Å². The summed E-state index contributed by atoms with van der Waals surface area (Å²) in [6.45, 7) is -0.390. The normalized spacial score (nSPS) is 42.7. The van der Waals surface area contributed by atoms with Crippen LogP contribution in [0.4, 0.5) is 9.18 Å². The summed E-state index contributed by atoms with van der Waals surface area (Å²) in [5, 5.41) is 29.7. The second kappa shape index (κ2) is 4.73. The SMILES string of the molecule is O=C1N[C@@H](O)CCN1C1O[C@H](CO)[C@@H](O)[C@H]1F. The van der Waals surface area contributed by atoms with E-state index in [4.69, 9.17) is 9.84 Å². The van der Waals surface area contributed by atoms with E-state index in [9.17, 15) is 19.4 Å². The van der Waals surface area contributed by atoms with Gasteiger partial charge in [0.15, 0.2) is 12.4 Å². The average molecular weight is 250 g/mol. The van der Waals surface area contributed by atoms with Gasteiger partial charge in [-0.15, -0.1) is 0 Å². The highest BCUT2D eigenvalue weighted by Crippen LogP contribution is 2.27. The third kappa shape index (κ3) is 2.21. The lowest BCUT2D eigenvalue weighted by atomic mass is 10.1. The zero-order valence-electron chi connectivity index (χ0n) is 8.99. The molecule has 0 saturated carbocycles. The fourth-order valence-corrected chi connectivity index (χ4v) is 2.01. The van der Waals surface area contributed by atoms with Crippen molar-refractivity contribution in [3.05, 3.63) is 0 Å². The predicted molar refractivity (Wildman–Crippen MR) is 52.5 cm³/mol. The van der Waals surface area contributed by atoms with E-state index in [0.717, 1.165) is 4.90 Å². The van der Waals surface area contributed by atoms with Gasteiger partial charge >= 0.3 is 6.03 Å². The molecule has 2 rings (SSSR count). The van der Waals surface area contributed by atoms with Crippen molar-refractivity contribution < 1.29 is 29.2 Å². The second-order valence-corrected chi connectivity index (χ2v) is 4.13. The van der Waals surface area contributed by atoms with Crippen LogP contribution in [0.2, 0.25) is 0 Å². The van der Waals surface area contributed by atoms with Crippen LogP contribution in [-0.2, 0) is 4.74 Å². The van der Waals surface area contributed by atoms with Crippen LogP contribution in [0.3, 0.4) is 0 Å². The first-order chi connectivity index (χ1) is 8.04. The molecule has 2 saturated heterocycles. The number of aliphatic hydroxyl groups excluding tert-OH is 3. The molecule has 2 amide bonds. The van der Waals surface area contributed by atoms with E-state index in [0.29, 0.717) is 0 Å². The maximum Gasteiger partial charge on any atom is 0.321 e. The van der Waals surface area contributed by atoms with E-state index in [1.165, 1.54) is 0 Å². The largest absolute Gasteiger partial charge is 0.394 e. The van der Waals surface area contributed by atoms with Crippen LogP contribution in [0.1, 0.15) is 6.42 Å². The van der Waals surface area contributed by atoms with Crippen LogP contribution in [0.15, 0.2) is 0 Å². The molecular formula is C9H15FN2O5. The van der Waals surface area contributed by atoms with Crippen molar-refractivity contribution in [3.63, 3.8) is 0 Å². The number of nitrogens with one attached hydrogen (secondary N) is 1. The molecule has 2 aliphatic rings. The molecule has 1 unspecified atom stereocenters. The Morgan fingerprint density at radius 1 is 1.53 bits per heavy atom. The predicted octanol–water partition coefficient (Wildman–Crippen LogP) is -1.86. The van der Waals surface area contributed by atoms with Gasteiger partial charge in [-0.25, -0.2) is 9.18 Å². The number of hydrogen-bond acceptors (Lipinski definition) is 5. The quantitative estimate of drug-likeness (QED) is 0.460. The third-order valence-corrected chi connectivity index (χ3v) is 2.98. The molecule has 0 aromatic heterocycles. The number of alkyl halides is 1. The molecule has 8 heteroatoms. The van der Waals surface area contributed by atoms with Gasteiger partial charge in [-0.3, -0.25) is 4.90 Å². The molecule has 17 heavy (non-hydrogen) atoms. The van der Waals surface area contributed by atoms with Gasteiger partial charge in [0.2, 0.25) is 0 Å². The molecule has 0 bridgehead atoms. The highest BCUT2D eigenvalue weighted by Gasteiger charge is 2.48. The number of carbonyl (C=O) groups is 1. The fourth-order valence-electron chi connectivity index (χ4n) is 2.01. The van der Waals surface area contributed by atoms with Crippen LogP contribution < -0.4 is 5.32 Å². The molecule has 0 aromatic rings. The highest BCUT2D eigenvalue weighted by molar-refractivity contribution is 5.75. The van der Waals surface area contributed by atoms with Gasteiger partial charge in [0.25, 0.3) is 0 Å². The highest BCUT2D eigenvalue weighted by atomic mass is 19.1. The summed E-state index contributed by atoms with van der Waals surface area (Å²) >= 11 is 0. The Hall–Kier alpha value is -0.960. The van der Waals surface area contributed by atoms with Crippen molar-refractivity contribution in [2.75, 3.05) is 13.2 Å². The molecule has 0 aliphatic carbocycles. The number of aliphatic hydroxyl groups is 3. The maximum atomic E-state index is 13.7. The number of hydrogen-bond donors (Lipinski definition) is 4. The topological polar surface area (TPSA) is 102 Å². The number of ether oxygens (including phenoxy) is 1. The van der Waals surface area contributed by atoms with Crippen molar-refractivity contribution in [2.45, 2.75) is 37.3 Å². The summed E-state index contributed by atoms with van der Waals surface area (Å²) in [7, 11) is 0. The Balaban J connectivity index is 2.05. The first-order valence-corrected chi connectivity index (χ1v) is 5.38. The minimum atomic E-state index is -1.77. The molecule has 0 aromatic carbocycles. The summed E-state index contributed by atoms with van der Waals surface area (Å²) in [5.41, 5.74) is 0. The van der Waals surface area contributed by atoms with Crippen LogP contribution in [-0.4, -0.2) is 70.2 Å². The lowest BCUT2D eigenvalue weighted by Gasteiger charge is -2.34. The van der Waals surface area contributed by atoms with E-state index < -0.39 is 43.5 Å². The molecule has 2 heterocycles. The lowest BCUT2D eigenvalue weighted by Crippen LogP contribution is -2.57. The van der Waals surface area contributed by atoms with Crippen molar-refractivity contribution >= 4 is 6.03 Å². The Kier molecular flexibility index (Phi) is 3.48. The first kappa shape index (κ1) is 12.5. The monoisotopic (exact) mass is 250 g/mol. The smallest absolute Gasteiger partial charge is 0.321 e. The molecule has 5 atom stereocenters. The lowest BCUT2D eigenvalue weighted by molar-refractivity contribution is -0.0804. The fraction of sp³-hybridized carbons (Fsp3) is 0.889. The summed E-state index contributed by atoms with van der Waals surface area (Å²) in [6, 6.07) is -0.651. The van der Waals surface area contributed by atoms with Crippen LogP contribution >= 0.6 is 0 Å². The van der Waals surface area contributed by atoms with Crippen LogP contribution in [0, 0.1) is 0 Å². The van der Waals surface area contributed by atoms with E-state index in [1.807, 2.05) is 0 Å². The van der Waals surface area contributed by atoms with Crippen molar-refractivity contribution in [1.29, 1.82) is 0 Å². The second-order valence-electron chi connectivity index (χ2n) is 4.13. The molecule has 0 radical (unpaired) electrons. The summed E-state index contributed by atoms with van der Waals surface area (Å²) in [5.74, 6) is 0. The Morgan fingerprint density at radius 3 is 2.76 bits per heavy atom. The van der Waals surface area contributed by atoms with E-state index in [-0.39, 0.29) is 13.0 Å². The van der Waals surface area contributed by atoms with Gasteiger partial charge in [0.05, 0.1) is 6.61 Å². The van der Waals surface area contributed by atoms with Gasteiger partial charge in [-0.1, -0.05) is 0 Å². The van der Waals surface area contributed by atoms with Crippen LogP contribution in [0.5, 0.6) is 0 Å². The molecular weight excluding hydrogens is 235 g/mol. The number of halogens is 1. The van der Waals surface area contributed by atoms with Crippen molar-refractivity contribution in [3.8, 4) is 0 Å². The average Bonchev–Trinajstić information content (AvgIpc) is 2.57. The number of rotatable bonds is 2. The van der Waals surface area contributed by atoms with Crippen LogP contribution in [0.25, 0.3) is 0 Å². The molecule has 98 valence electrons. The third-order valence-electron chi connectivity index (χ3n) is 2.98. The van der Waals surface area contributed by atoms with E-state index in [2.05, 4.69) is 5.32 Å².